The van der Waals surface area contributed by atoms with Gasteiger partial charge in [0, 0.05) is 12.0 Å². The summed E-state index contributed by atoms with van der Waals surface area (Å²) < 4.78 is 42.3. The van der Waals surface area contributed by atoms with Crippen LogP contribution < -0.4 is 10.1 Å². The largest absolute Gasteiger partial charge is 0.484 e. The second-order valence-corrected chi connectivity index (χ2v) is 5.64. The molecule has 8 heteroatoms. The summed E-state index contributed by atoms with van der Waals surface area (Å²) in [5.41, 5.74) is -1.52. The van der Waals surface area contributed by atoms with Crippen LogP contribution in [0.25, 0.3) is 0 Å². The minimum absolute atomic E-state index is 0.0902. The summed E-state index contributed by atoms with van der Waals surface area (Å²) in [5, 5.41) is 11.2. The van der Waals surface area contributed by atoms with Gasteiger partial charge in [-0.3, -0.25) is 9.59 Å². The molecule has 0 saturated carbocycles. The van der Waals surface area contributed by atoms with Crippen molar-refractivity contribution in [1.29, 1.82) is 0 Å². The highest BCUT2D eigenvalue weighted by Crippen LogP contribution is 2.30. The van der Waals surface area contributed by atoms with Crippen LogP contribution in [0.2, 0.25) is 0 Å². The van der Waals surface area contributed by atoms with Crippen molar-refractivity contribution in [2.24, 2.45) is 0 Å². The van der Waals surface area contributed by atoms with E-state index in [4.69, 9.17) is 9.84 Å². The fraction of sp³-hybridized carbons (Fsp3) is 0.467. The maximum atomic E-state index is 12.4. The zero-order valence-corrected chi connectivity index (χ0v) is 12.7. The Morgan fingerprint density at radius 1 is 1.17 bits per heavy atom. The molecule has 23 heavy (non-hydrogen) atoms. The molecule has 0 fully saturated rings. The number of rotatable bonds is 7. The number of hydrogen-bond donors (Lipinski definition) is 2. The van der Waals surface area contributed by atoms with Crippen molar-refractivity contribution in [1.82, 2.24) is 5.32 Å². The van der Waals surface area contributed by atoms with Gasteiger partial charge in [-0.1, -0.05) is 0 Å². The molecule has 1 aromatic carbocycles. The van der Waals surface area contributed by atoms with Crippen molar-refractivity contribution in [3.63, 3.8) is 0 Å². The van der Waals surface area contributed by atoms with Gasteiger partial charge in [0.15, 0.2) is 6.61 Å². The monoisotopic (exact) mass is 333 g/mol. The van der Waals surface area contributed by atoms with Gasteiger partial charge in [0.2, 0.25) is 0 Å². The topological polar surface area (TPSA) is 75.6 Å². The Labute approximate surface area is 131 Å². The van der Waals surface area contributed by atoms with E-state index in [-0.39, 0.29) is 25.2 Å². The molecule has 0 unspecified atom stereocenters. The second-order valence-electron chi connectivity index (χ2n) is 5.64. The lowest BCUT2D eigenvalue weighted by atomic mass is 9.98. The van der Waals surface area contributed by atoms with Gasteiger partial charge in [0.25, 0.3) is 5.91 Å². The second kappa shape index (κ2) is 7.34. The summed E-state index contributed by atoms with van der Waals surface area (Å²) in [6.07, 6.45) is -4.27. The summed E-state index contributed by atoms with van der Waals surface area (Å²) in [7, 11) is 0. The number of carboxylic acid groups (broad SMARTS) is 1. The van der Waals surface area contributed by atoms with Crippen molar-refractivity contribution >= 4 is 11.9 Å². The predicted molar refractivity (Wildman–Crippen MR) is 76.0 cm³/mol. The number of ether oxygens (including phenoxy) is 1. The normalized spacial score (nSPS) is 11.9. The standard InChI is InChI=1S/C15H18F3NO4/c1-14(2,8-7-13(21)22)19-12(20)9-23-11-5-3-10(4-6-11)15(16,17)18/h3-6H,7-9H2,1-2H3,(H,19,20)(H,21,22). The molecule has 1 aromatic rings. The first-order chi connectivity index (χ1) is 10.5. The van der Waals surface area contributed by atoms with E-state index in [0.29, 0.717) is 0 Å². The Kier molecular flexibility index (Phi) is 6.00. The molecule has 1 rings (SSSR count). The number of halogens is 3. The summed E-state index contributed by atoms with van der Waals surface area (Å²) in [6.45, 7) is 2.97. The van der Waals surface area contributed by atoms with Gasteiger partial charge in [-0.2, -0.15) is 13.2 Å². The number of carbonyl (C=O) groups is 2. The van der Waals surface area contributed by atoms with E-state index in [2.05, 4.69) is 5.32 Å². The maximum absolute atomic E-state index is 12.4. The Bertz CT molecular complexity index is 553. The molecule has 0 aliphatic carbocycles. The molecule has 0 radical (unpaired) electrons. The molecule has 0 aliphatic heterocycles. The molecular formula is C15H18F3NO4. The van der Waals surface area contributed by atoms with Crippen LogP contribution in [0.15, 0.2) is 24.3 Å². The first-order valence-electron chi connectivity index (χ1n) is 6.82. The highest BCUT2D eigenvalue weighted by molar-refractivity contribution is 5.78. The van der Waals surface area contributed by atoms with Crippen molar-refractivity contribution in [2.45, 2.75) is 38.4 Å². The van der Waals surface area contributed by atoms with Gasteiger partial charge in [0.05, 0.1) is 5.56 Å². The SMILES string of the molecule is CC(C)(CCC(=O)O)NC(=O)COc1ccc(C(F)(F)F)cc1. The van der Waals surface area contributed by atoms with Crippen LogP contribution in [0, 0.1) is 0 Å². The molecule has 0 saturated heterocycles. The number of benzene rings is 1. The molecular weight excluding hydrogens is 315 g/mol. The fourth-order valence-electron chi connectivity index (χ4n) is 1.78. The van der Waals surface area contributed by atoms with Crippen molar-refractivity contribution in [3.8, 4) is 5.75 Å². The first kappa shape index (κ1) is 18.8. The molecule has 0 bridgehead atoms. The average molecular weight is 333 g/mol. The molecule has 128 valence electrons. The number of amides is 1. The molecule has 5 nitrogen and oxygen atoms in total. The van der Waals surface area contributed by atoms with Gasteiger partial charge in [-0.15, -0.1) is 0 Å². The van der Waals surface area contributed by atoms with Gasteiger partial charge < -0.3 is 15.2 Å². The molecule has 0 aliphatic rings. The average Bonchev–Trinajstić information content (AvgIpc) is 2.42. The van der Waals surface area contributed by atoms with E-state index >= 15 is 0 Å². The number of alkyl halides is 3. The highest BCUT2D eigenvalue weighted by atomic mass is 19.4. The quantitative estimate of drug-likeness (QED) is 0.804. The smallest absolute Gasteiger partial charge is 0.416 e. The number of hydrogen-bond acceptors (Lipinski definition) is 3. The lowest BCUT2D eigenvalue weighted by Crippen LogP contribution is -2.45. The molecule has 0 spiro atoms. The van der Waals surface area contributed by atoms with E-state index in [1.54, 1.807) is 13.8 Å². The number of nitrogens with one attached hydrogen (secondary N) is 1. The van der Waals surface area contributed by atoms with Crippen molar-refractivity contribution < 1.29 is 32.6 Å². The van der Waals surface area contributed by atoms with Crippen molar-refractivity contribution in [2.75, 3.05) is 6.61 Å². The molecule has 1 amide bonds. The lowest BCUT2D eigenvalue weighted by Gasteiger charge is -2.25. The van der Waals surface area contributed by atoms with E-state index in [1.807, 2.05) is 0 Å². The first-order valence-corrected chi connectivity index (χ1v) is 6.82. The summed E-state index contributed by atoms with van der Waals surface area (Å²) in [5.74, 6) is -1.31. The number of carboxylic acids is 1. The Morgan fingerprint density at radius 3 is 2.22 bits per heavy atom. The van der Waals surface area contributed by atoms with Gasteiger partial charge in [-0.25, -0.2) is 0 Å². The lowest BCUT2D eigenvalue weighted by molar-refractivity contribution is -0.138. The fourth-order valence-corrected chi connectivity index (χ4v) is 1.78. The Morgan fingerprint density at radius 2 is 1.74 bits per heavy atom. The maximum Gasteiger partial charge on any atom is 0.416 e. The van der Waals surface area contributed by atoms with Crippen LogP contribution in [-0.4, -0.2) is 29.1 Å². The van der Waals surface area contributed by atoms with Crippen LogP contribution >= 0.6 is 0 Å². The van der Waals surface area contributed by atoms with E-state index in [0.717, 1.165) is 24.3 Å². The molecule has 0 heterocycles. The third kappa shape index (κ3) is 7.03. The van der Waals surface area contributed by atoms with Gasteiger partial charge >= 0.3 is 12.1 Å². The van der Waals surface area contributed by atoms with E-state index < -0.39 is 29.2 Å². The van der Waals surface area contributed by atoms with E-state index in [9.17, 15) is 22.8 Å². The van der Waals surface area contributed by atoms with Crippen LogP contribution in [-0.2, 0) is 15.8 Å². The van der Waals surface area contributed by atoms with Crippen LogP contribution in [0.1, 0.15) is 32.3 Å². The number of carbonyl (C=O) groups excluding carboxylic acids is 1. The van der Waals surface area contributed by atoms with Crippen LogP contribution in [0.5, 0.6) is 5.75 Å². The summed E-state index contributed by atoms with van der Waals surface area (Å²) in [4.78, 5) is 22.3. The Balaban J connectivity index is 2.48. The van der Waals surface area contributed by atoms with Gasteiger partial charge in [0.1, 0.15) is 5.75 Å². The van der Waals surface area contributed by atoms with Gasteiger partial charge in [-0.05, 0) is 44.5 Å². The van der Waals surface area contributed by atoms with E-state index in [1.165, 1.54) is 0 Å². The molecule has 0 atom stereocenters. The van der Waals surface area contributed by atoms with Crippen LogP contribution in [0.4, 0.5) is 13.2 Å². The minimum atomic E-state index is -4.43. The number of aliphatic carboxylic acids is 1. The van der Waals surface area contributed by atoms with Crippen LogP contribution in [0.3, 0.4) is 0 Å². The highest BCUT2D eigenvalue weighted by Gasteiger charge is 2.30. The summed E-state index contributed by atoms with van der Waals surface area (Å²) in [6, 6.07) is 3.99. The molecule has 0 aromatic heterocycles. The zero-order chi connectivity index (χ0) is 17.7. The minimum Gasteiger partial charge on any atom is -0.484 e. The summed E-state index contributed by atoms with van der Waals surface area (Å²) >= 11 is 0. The molecule has 2 N–H and O–H groups in total. The Hall–Kier alpha value is -2.25. The van der Waals surface area contributed by atoms with Crippen molar-refractivity contribution in [3.05, 3.63) is 29.8 Å². The predicted octanol–water partition coefficient (Wildman–Crippen LogP) is 2.84. The third-order valence-electron chi connectivity index (χ3n) is 2.99. The third-order valence-corrected chi connectivity index (χ3v) is 2.99. The zero-order valence-electron chi connectivity index (χ0n) is 12.7.